The Kier molecular flexibility index (Phi) is 6.06. The first-order chi connectivity index (χ1) is 11.5. The van der Waals surface area contributed by atoms with Crippen molar-refractivity contribution in [3.63, 3.8) is 0 Å². The van der Waals surface area contributed by atoms with Gasteiger partial charge < -0.3 is 10.6 Å². The van der Waals surface area contributed by atoms with Crippen molar-refractivity contribution in [1.29, 1.82) is 0 Å². The van der Waals surface area contributed by atoms with Crippen molar-refractivity contribution in [2.45, 2.75) is 33.9 Å². The van der Waals surface area contributed by atoms with Gasteiger partial charge in [-0.15, -0.1) is 5.10 Å². The Bertz CT molecular complexity index is 691. The van der Waals surface area contributed by atoms with E-state index in [1.807, 2.05) is 45.0 Å². The van der Waals surface area contributed by atoms with Gasteiger partial charge in [0.05, 0.1) is 12.7 Å². The van der Waals surface area contributed by atoms with Gasteiger partial charge >= 0.3 is 0 Å². The number of carbonyl (C=O) groups excluding carboxylic acids is 2. The summed E-state index contributed by atoms with van der Waals surface area (Å²) in [5, 5.41) is 13.4. The van der Waals surface area contributed by atoms with E-state index >= 15 is 0 Å². The number of rotatable bonds is 7. The van der Waals surface area contributed by atoms with Crippen LogP contribution in [0.15, 0.2) is 30.5 Å². The third-order valence-electron chi connectivity index (χ3n) is 3.51. The number of hydrogen-bond donors (Lipinski definition) is 2. The van der Waals surface area contributed by atoms with Crippen LogP contribution in [0.1, 0.15) is 35.5 Å². The summed E-state index contributed by atoms with van der Waals surface area (Å²) in [6.07, 6.45) is 1.58. The minimum absolute atomic E-state index is 0.00817. The topological polar surface area (TPSA) is 88.9 Å². The standard InChI is InChI=1S/C17H23N5O2/c1-12(2)16(23)18-8-9-22-11-15(20-21-22)17(24)19-10-14-6-4-13(3)5-7-14/h4-7,11-12H,8-10H2,1-3H3,(H,18,23)(H,19,24). The molecule has 2 rings (SSSR count). The van der Waals surface area contributed by atoms with Gasteiger partial charge in [-0.3, -0.25) is 9.59 Å². The van der Waals surface area contributed by atoms with Crippen LogP contribution in [0.25, 0.3) is 0 Å². The summed E-state index contributed by atoms with van der Waals surface area (Å²) in [6.45, 7) is 7.05. The number of nitrogens with zero attached hydrogens (tertiary/aromatic N) is 3. The second-order valence-corrected chi connectivity index (χ2v) is 5.98. The van der Waals surface area contributed by atoms with Gasteiger partial charge in [0.1, 0.15) is 0 Å². The fraction of sp³-hybridized carbons (Fsp3) is 0.412. The van der Waals surface area contributed by atoms with E-state index in [2.05, 4.69) is 20.9 Å². The minimum Gasteiger partial charge on any atom is -0.354 e. The Morgan fingerprint density at radius 1 is 1.17 bits per heavy atom. The summed E-state index contributed by atoms with van der Waals surface area (Å²) in [6, 6.07) is 7.96. The second kappa shape index (κ2) is 8.24. The quantitative estimate of drug-likeness (QED) is 0.801. The lowest BCUT2D eigenvalue weighted by atomic mass is 10.1. The molecule has 0 aliphatic rings. The molecule has 1 heterocycles. The van der Waals surface area contributed by atoms with Crippen LogP contribution in [0.4, 0.5) is 0 Å². The molecule has 2 aromatic rings. The van der Waals surface area contributed by atoms with Crippen LogP contribution in [0.2, 0.25) is 0 Å². The van der Waals surface area contributed by atoms with Gasteiger partial charge in [0.15, 0.2) is 5.69 Å². The Hall–Kier alpha value is -2.70. The second-order valence-electron chi connectivity index (χ2n) is 5.98. The van der Waals surface area contributed by atoms with Gasteiger partial charge in [-0.05, 0) is 12.5 Å². The minimum atomic E-state index is -0.270. The molecule has 2 amide bonds. The predicted molar refractivity (Wildman–Crippen MR) is 90.2 cm³/mol. The molecule has 0 aliphatic carbocycles. The van der Waals surface area contributed by atoms with E-state index < -0.39 is 0 Å². The largest absolute Gasteiger partial charge is 0.354 e. The molecule has 0 unspecified atom stereocenters. The van der Waals surface area contributed by atoms with Crippen LogP contribution < -0.4 is 10.6 Å². The van der Waals surface area contributed by atoms with E-state index in [0.29, 0.717) is 19.6 Å². The number of benzene rings is 1. The molecule has 2 N–H and O–H groups in total. The number of amides is 2. The summed E-state index contributed by atoms with van der Waals surface area (Å²) in [4.78, 5) is 23.5. The zero-order valence-electron chi connectivity index (χ0n) is 14.2. The van der Waals surface area contributed by atoms with Gasteiger partial charge in [0, 0.05) is 19.0 Å². The molecule has 24 heavy (non-hydrogen) atoms. The lowest BCUT2D eigenvalue weighted by molar-refractivity contribution is -0.124. The van der Waals surface area contributed by atoms with Gasteiger partial charge in [-0.1, -0.05) is 48.9 Å². The molecule has 1 aromatic carbocycles. The zero-order valence-corrected chi connectivity index (χ0v) is 14.2. The average molecular weight is 329 g/mol. The molecular formula is C17H23N5O2. The summed E-state index contributed by atoms with van der Waals surface area (Å²) in [7, 11) is 0. The van der Waals surface area contributed by atoms with Crippen molar-refractivity contribution >= 4 is 11.8 Å². The number of carbonyl (C=O) groups is 2. The highest BCUT2D eigenvalue weighted by atomic mass is 16.2. The van der Waals surface area contributed by atoms with E-state index in [4.69, 9.17) is 0 Å². The molecule has 7 heteroatoms. The Labute approximate surface area is 141 Å². The first-order valence-electron chi connectivity index (χ1n) is 7.97. The van der Waals surface area contributed by atoms with Crippen LogP contribution in [-0.4, -0.2) is 33.4 Å². The molecule has 0 bridgehead atoms. The smallest absolute Gasteiger partial charge is 0.273 e. The molecule has 1 aromatic heterocycles. The van der Waals surface area contributed by atoms with Crippen molar-refractivity contribution in [2.75, 3.05) is 6.54 Å². The lowest BCUT2D eigenvalue weighted by Crippen LogP contribution is -2.30. The van der Waals surface area contributed by atoms with E-state index in [0.717, 1.165) is 5.56 Å². The predicted octanol–water partition coefficient (Wildman–Crippen LogP) is 1.29. The maximum atomic E-state index is 12.1. The molecule has 0 aliphatic heterocycles. The molecule has 0 radical (unpaired) electrons. The fourth-order valence-corrected chi connectivity index (χ4v) is 1.99. The van der Waals surface area contributed by atoms with Crippen molar-refractivity contribution < 1.29 is 9.59 Å². The van der Waals surface area contributed by atoms with Gasteiger partial charge in [-0.25, -0.2) is 4.68 Å². The Morgan fingerprint density at radius 2 is 1.88 bits per heavy atom. The normalized spacial score (nSPS) is 10.7. The molecule has 7 nitrogen and oxygen atoms in total. The van der Waals surface area contributed by atoms with Crippen LogP contribution >= 0.6 is 0 Å². The zero-order chi connectivity index (χ0) is 17.5. The maximum Gasteiger partial charge on any atom is 0.273 e. The lowest BCUT2D eigenvalue weighted by Gasteiger charge is -2.06. The third kappa shape index (κ3) is 5.19. The Balaban J connectivity index is 1.80. The third-order valence-corrected chi connectivity index (χ3v) is 3.51. The van der Waals surface area contributed by atoms with Gasteiger partial charge in [0.2, 0.25) is 5.91 Å². The number of nitrogens with one attached hydrogen (secondary N) is 2. The number of aromatic nitrogens is 3. The molecule has 0 saturated carbocycles. The molecule has 0 spiro atoms. The molecule has 0 fully saturated rings. The van der Waals surface area contributed by atoms with Gasteiger partial charge in [0.25, 0.3) is 5.91 Å². The number of aryl methyl sites for hydroxylation is 1. The van der Waals surface area contributed by atoms with Crippen LogP contribution in [0, 0.1) is 12.8 Å². The molecule has 0 saturated heterocycles. The highest BCUT2D eigenvalue weighted by molar-refractivity contribution is 5.91. The first-order valence-corrected chi connectivity index (χ1v) is 7.97. The maximum absolute atomic E-state index is 12.1. The van der Waals surface area contributed by atoms with Crippen LogP contribution in [0.3, 0.4) is 0 Å². The monoisotopic (exact) mass is 329 g/mol. The van der Waals surface area contributed by atoms with E-state index in [-0.39, 0.29) is 23.4 Å². The summed E-state index contributed by atoms with van der Waals surface area (Å²) < 4.78 is 1.54. The van der Waals surface area contributed by atoms with Crippen LogP contribution in [0.5, 0.6) is 0 Å². The molecule has 0 atom stereocenters. The van der Waals surface area contributed by atoms with Crippen molar-refractivity contribution in [3.05, 3.63) is 47.3 Å². The molecular weight excluding hydrogens is 306 g/mol. The SMILES string of the molecule is Cc1ccc(CNC(=O)c2cn(CCNC(=O)C(C)C)nn2)cc1. The average Bonchev–Trinajstić information content (AvgIpc) is 3.03. The van der Waals surface area contributed by atoms with Crippen molar-refractivity contribution in [3.8, 4) is 0 Å². The summed E-state index contributed by atoms with van der Waals surface area (Å²) in [5.41, 5.74) is 2.47. The Morgan fingerprint density at radius 3 is 2.54 bits per heavy atom. The van der Waals surface area contributed by atoms with E-state index in [9.17, 15) is 9.59 Å². The van der Waals surface area contributed by atoms with Crippen LogP contribution in [-0.2, 0) is 17.9 Å². The molecule has 128 valence electrons. The van der Waals surface area contributed by atoms with Gasteiger partial charge in [-0.2, -0.15) is 0 Å². The fourth-order valence-electron chi connectivity index (χ4n) is 1.99. The van der Waals surface area contributed by atoms with E-state index in [1.54, 1.807) is 10.9 Å². The first kappa shape index (κ1) is 17.7. The highest BCUT2D eigenvalue weighted by Gasteiger charge is 2.11. The highest BCUT2D eigenvalue weighted by Crippen LogP contribution is 2.03. The number of hydrogen-bond acceptors (Lipinski definition) is 4. The summed E-state index contributed by atoms with van der Waals surface area (Å²) in [5.74, 6) is -0.330. The van der Waals surface area contributed by atoms with Crippen molar-refractivity contribution in [1.82, 2.24) is 25.6 Å². The summed E-state index contributed by atoms with van der Waals surface area (Å²) >= 11 is 0. The van der Waals surface area contributed by atoms with E-state index in [1.165, 1.54) is 5.56 Å². The van der Waals surface area contributed by atoms with Crippen molar-refractivity contribution in [2.24, 2.45) is 5.92 Å².